The van der Waals surface area contributed by atoms with Crippen LogP contribution in [0.4, 0.5) is 0 Å². The van der Waals surface area contributed by atoms with Gasteiger partial charge in [-0.15, -0.1) is 0 Å². The Morgan fingerprint density at radius 2 is 2.06 bits per heavy atom. The summed E-state index contributed by atoms with van der Waals surface area (Å²) in [7, 11) is 1.35. The molecular formula is C13H14N2O2. The molecule has 0 radical (unpaired) electrons. The maximum atomic E-state index is 11.3. The monoisotopic (exact) mass is 230 g/mol. The van der Waals surface area contributed by atoms with Gasteiger partial charge < -0.3 is 9.30 Å². The van der Waals surface area contributed by atoms with Crippen molar-refractivity contribution < 1.29 is 9.53 Å². The van der Waals surface area contributed by atoms with Gasteiger partial charge in [0.1, 0.15) is 0 Å². The van der Waals surface area contributed by atoms with Crippen molar-refractivity contribution in [2.45, 2.75) is 13.0 Å². The molecule has 1 atom stereocenters. The number of methoxy groups -OCH3 is 1. The Morgan fingerprint density at radius 3 is 2.71 bits per heavy atom. The summed E-state index contributed by atoms with van der Waals surface area (Å²) in [5.74, 6) is -0.413. The van der Waals surface area contributed by atoms with E-state index in [2.05, 4.69) is 16.6 Å². The standard InChI is InChI=1S/C13H14N2O2/c1-10(11-6-4-3-5-7-11)15-8-12(14-9-15)13(16)17-2/h3-10H,1-2H3. The van der Waals surface area contributed by atoms with Crippen molar-refractivity contribution in [1.29, 1.82) is 0 Å². The van der Waals surface area contributed by atoms with Gasteiger partial charge >= 0.3 is 5.97 Å². The first-order valence-electron chi connectivity index (χ1n) is 5.39. The fourth-order valence-electron chi connectivity index (χ4n) is 1.66. The second-order valence-corrected chi connectivity index (χ2v) is 3.78. The normalized spacial score (nSPS) is 12.1. The van der Waals surface area contributed by atoms with Crippen LogP contribution in [0.15, 0.2) is 42.9 Å². The molecule has 0 N–H and O–H groups in total. The van der Waals surface area contributed by atoms with Gasteiger partial charge in [-0.05, 0) is 12.5 Å². The van der Waals surface area contributed by atoms with Crippen molar-refractivity contribution in [2.75, 3.05) is 7.11 Å². The number of carbonyl (C=O) groups excluding carboxylic acids is 1. The quantitative estimate of drug-likeness (QED) is 0.760. The molecule has 1 heterocycles. The Labute approximate surface area is 99.9 Å². The number of nitrogens with zero attached hydrogens (tertiary/aromatic N) is 2. The van der Waals surface area contributed by atoms with E-state index in [4.69, 9.17) is 0 Å². The van der Waals surface area contributed by atoms with E-state index in [9.17, 15) is 4.79 Å². The molecule has 0 saturated heterocycles. The summed E-state index contributed by atoms with van der Waals surface area (Å²) in [5.41, 5.74) is 1.50. The fourth-order valence-corrected chi connectivity index (χ4v) is 1.66. The van der Waals surface area contributed by atoms with Gasteiger partial charge in [-0.2, -0.15) is 0 Å². The lowest BCUT2D eigenvalue weighted by Gasteiger charge is -2.12. The minimum Gasteiger partial charge on any atom is -0.464 e. The largest absolute Gasteiger partial charge is 0.464 e. The SMILES string of the molecule is COC(=O)c1cn(C(C)c2ccccc2)cn1. The van der Waals surface area contributed by atoms with Gasteiger partial charge in [0.2, 0.25) is 0 Å². The maximum absolute atomic E-state index is 11.3. The molecule has 0 saturated carbocycles. The molecule has 1 unspecified atom stereocenters. The number of aromatic nitrogens is 2. The minimum atomic E-state index is -0.413. The maximum Gasteiger partial charge on any atom is 0.358 e. The van der Waals surface area contributed by atoms with Crippen LogP contribution in [0.2, 0.25) is 0 Å². The number of rotatable bonds is 3. The summed E-state index contributed by atoms with van der Waals surface area (Å²) in [5, 5.41) is 0. The number of carbonyl (C=O) groups is 1. The first-order valence-corrected chi connectivity index (χ1v) is 5.39. The summed E-state index contributed by atoms with van der Waals surface area (Å²) in [6.45, 7) is 2.05. The highest BCUT2D eigenvalue weighted by Gasteiger charge is 2.12. The highest BCUT2D eigenvalue weighted by molar-refractivity contribution is 5.86. The molecule has 0 aliphatic rings. The molecule has 2 rings (SSSR count). The molecule has 88 valence electrons. The Balaban J connectivity index is 2.23. The number of hydrogen-bond donors (Lipinski definition) is 0. The molecule has 2 aromatic rings. The van der Waals surface area contributed by atoms with E-state index in [1.54, 1.807) is 12.5 Å². The summed E-state index contributed by atoms with van der Waals surface area (Å²) < 4.78 is 6.51. The molecule has 0 aliphatic carbocycles. The number of imidazole rings is 1. The lowest BCUT2D eigenvalue weighted by Crippen LogP contribution is -2.05. The summed E-state index contributed by atoms with van der Waals surface area (Å²) in [6, 6.07) is 10.2. The van der Waals surface area contributed by atoms with Gasteiger partial charge in [-0.1, -0.05) is 30.3 Å². The van der Waals surface area contributed by atoms with Crippen LogP contribution in [0.1, 0.15) is 29.0 Å². The molecule has 1 aromatic carbocycles. The van der Waals surface area contributed by atoms with E-state index in [0.717, 1.165) is 0 Å². The van der Waals surface area contributed by atoms with Crippen LogP contribution in [0.25, 0.3) is 0 Å². The molecule has 4 heteroatoms. The number of benzene rings is 1. The third kappa shape index (κ3) is 2.36. The van der Waals surface area contributed by atoms with E-state index >= 15 is 0 Å². The second kappa shape index (κ2) is 4.82. The lowest BCUT2D eigenvalue weighted by atomic mass is 10.1. The average Bonchev–Trinajstić information content (AvgIpc) is 2.87. The summed E-state index contributed by atoms with van der Waals surface area (Å²) in [4.78, 5) is 15.3. The van der Waals surface area contributed by atoms with Crippen molar-refractivity contribution in [3.8, 4) is 0 Å². The zero-order chi connectivity index (χ0) is 12.3. The molecule has 1 aromatic heterocycles. The number of hydrogen-bond acceptors (Lipinski definition) is 3. The molecule has 4 nitrogen and oxygen atoms in total. The van der Waals surface area contributed by atoms with Crippen molar-refractivity contribution in [2.24, 2.45) is 0 Å². The first-order chi connectivity index (χ1) is 8.22. The van der Waals surface area contributed by atoms with Crippen LogP contribution in [0.3, 0.4) is 0 Å². The van der Waals surface area contributed by atoms with Crippen LogP contribution >= 0.6 is 0 Å². The number of esters is 1. The van der Waals surface area contributed by atoms with Gasteiger partial charge in [-0.3, -0.25) is 0 Å². The Bertz CT molecular complexity index is 505. The Kier molecular flexibility index (Phi) is 3.23. The van der Waals surface area contributed by atoms with E-state index in [0.29, 0.717) is 5.69 Å². The van der Waals surface area contributed by atoms with Crippen LogP contribution in [-0.4, -0.2) is 22.6 Å². The van der Waals surface area contributed by atoms with Gasteiger partial charge in [0.15, 0.2) is 5.69 Å². The van der Waals surface area contributed by atoms with Gasteiger partial charge in [-0.25, -0.2) is 9.78 Å². The molecule has 0 bridgehead atoms. The lowest BCUT2D eigenvalue weighted by molar-refractivity contribution is 0.0594. The van der Waals surface area contributed by atoms with Gasteiger partial charge in [0.05, 0.1) is 19.5 Å². The zero-order valence-electron chi connectivity index (χ0n) is 9.83. The Morgan fingerprint density at radius 1 is 1.35 bits per heavy atom. The number of ether oxygens (including phenoxy) is 1. The van der Waals surface area contributed by atoms with Gasteiger partial charge in [0, 0.05) is 6.20 Å². The van der Waals surface area contributed by atoms with Crippen LogP contribution in [0, 0.1) is 0 Å². The van der Waals surface area contributed by atoms with Crippen molar-refractivity contribution >= 4 is 5.97 Å². The highest BCUT2D eigenvalue weighted by atomic mass is 16.5. The van der Waals surface area contributed by atoms with Crippen molar-refractivity contribution in [3.05, 3.63) is 54.1 Å². The van der Waals surface area contributed by atoms with Crippen LogP contribution in [-0.2, 0) is 4.74 Å². The molecular weight excluding hydrogens is 216 g/mol. The first kappa shape index (κ1) is 11.4. The topological polar surface area (TPSA) is 44.1 Å². The second-order valence-electron chi connectivity index (χ2n) is 3.78. The fraction of sp³-hybridized carbons (Fsp3) is 0.231. The molecule has 0 spiro atoms. The van der Waals surface area contributed by atoms with E-state index in [1.807, 2.05) is 34.9 Å². The van der Waals surface area contributed by atoms with E-state index in [-0.39, 0.29) is 6.04 Å². The van der Waals surface area contributed by atoms with E-state index in [1.165, 1.54) is 12.7 Å². The predicted molar refractivity (Wildman–Crippen MR) is 63.8 cm³/mol. The highest BCUT2D eigenvalue weighted by Crippen LogP contribution is 2.17. The Hall–Kier alpha value is -2.10. The van der Waals surface area contributed by atoms with Crippen LogP contribution < -0.4 is 0 Å². The van der Waals surface area contributed by atoms with E-state index < -0.39 is 5.97 Å². The summed E-state index contributed by atoms with van der Waals surface area (Å²) >= 11 is 0. The third-order valence-electron chi connectivity index (χ3n) is 2.73. The average molecular weight is 230 g/mol. The molecule has 0 aliphatic heterocycles. The molecule has 0 amide bonds. The van der Waals surface area contributed by atoms with Crippen LogP contribution in [0.5, 0.6) is 0 Å². The molecule has 17 heavy (non-hydrogen) atoms. The third-order valence-corrected chi connectivity index (χ3v) is 2.73. The summed E-state index contributed by atoms with van der Waals surface area (Å²) in [6.07, 6.45) is 3.34. The van der Waals surface area contributed by atoms with Gasteiger partial charge in [0.25, 0.3) is 0 Å². The smallest absolute Gasteiger partial charge is 0.358 e. The predicted octanol–water partition coefficient (Wildman–Crippen LogP) is 2.28. The minimum absolute atomic E-state index is 0.141. The zero-order valence-corrected chi connectivity index (χ0v) is 9.83. The van der Waals surface area contributed by atoms with Crippen molar-refractivity contribution in [1.82, 2.24) is 9.55 Å². The molecule has 0 fully saturated rings. The van der Waals surface area contributed by atoms with Crippen molar-refractivity contribution in [3.63, 3.8) is 0 Å².